The summed E-state index contributed by atoms with van der Waals surface area (Å²) in [6.07, 6.45) is 16.4. The Hall–Kier alpha value is -0.420. The van der Waals surface area contributed by atoms with Gasteiger partial charge in [-0.3, -0.25) is 0 Å². The Bertz CT molecular complexity index is 673. The molecular formula is C26H43NO3. The number of fused-ring (bicyclic) bond motifs is 5. The van der Waals surface area contributed by atoms with Crippen molar-refractivity contribution in [2.75, 3.05) is 13.2 Å². The van der Waals surface area contributed by atoms with Crippen LogP contribution in [0.5, 0.6) is 0 Å². The molecule has 5 aliphatic rings. The van der Waals surface area contributed by atoms with Crippen molar-refractivity contribution in [2.24, 2.45) is 34.3 Å². The van der Waals surface area contributed by atoms with Gasteiger partial charge in [-0.1, -0.05) is 25.5 Å². The number of allylic oxidation sites excluding steroid dienone is 1. The van der Waals surface area contributed by atoms with E-state index in [-0.39, 0.29) is 11.7 Å². The summed E-state index contributed by atoms with van der Waals surface area (Å²) in [6.45, 7) is 6.39. The second-order valence-electron chi connectivity index (χ2n) is 11.6. The highest BCUT2D eigenvalue weighted by Crippen LogP contribution is 2.67. The number of aliphatic hydroxyl groups is 1. The number of nitrogens with two attached hydrogens (primary N) is 1. The van der Waals surface area contributed by atoms with E-state index in [0.29, 0.717) is 24.0 Å². The van der Waals surface area contributed by atoms with Gasteiger partial charge in [-0.25, -0.2) is 0 Å². The van der Waals surface area contributed by atoms with Gasteiger partial charge < -0.3 is 20.3 Å². The van der Waals surface area contributed by atoms with Gasteiger partial charge in [-0.15, -0.1) is 0 Å². The fraction of sp³-hybridized carbons (Fsp3) is 0.923. The Morgan fingerprint density at radius 3 is 2.70 bits per heavy atom. The third kappa shape index (κ3) is 3.24. The molecule has 0 aromatic carbocycles. The highest BCUT2D eigenvalue weighted by atomic mass is 16.7. The van der Waals surface area contributed by atoms with Crippen molar-refractivity contribution in [1.82, 2.24) is 0 Å². The van der Waals surface area contributed by atoms with E-state index >= 15 is 0 Å². The zero-order chi connectivity index (χ0) is 21.0. The number of hydrogen-bond donors (Lipinski definition) is 2. The zero-order valence-electron chi connectivity index (χ0n) is 19.2. The highest BCUT2D eigenvalue weighted by molar-refractivity contribution is 5.26. The van der Waals surface area contributed by atoms with Gasteiger partial charge in [0.2, 0.25) is 0 Å². The molecular weight excluding hydrogens is 374 g/mol. The molecule has 1 heterocycles. The third-order valence-corrected chi connectivity index (χ3v) is 10.4. The summed E-state index contributed by atoms with van der Waals surface area (Å²) in [5.74, 6) is 2.14. The maximum absolute atomic E-state index is 11.5. The van der Waals surface area contributed by atoms with Gasteiger partial charge in [0, 0.05) is 6.61 Å². The minimum absolute atomic E-state index is 0.0270. The molecule has 0 bridgehead atoms. The van der Waals surface area contributed by atoms with Crippen LogP contribution in [-0.2, 0) is 9.47 Å². The monoisotopic (exact) mass is 417 g/mol. The van der Waals surface area contributed by atoms with Gasteiger partial charge in [0.25, 0.3) is 0 Å². The summed E-state index contributed by atoms with van der Waals surface area (Å²) >= 11 is 0. The smallest absolute Gasteiger partial charge is 0.157 e. The van der Waals surface area contributed by atoms with Crippen molar-refractivity contribution in [2.45, 2.75) is 109 Å². The average molecular weight is 418 g/mol. The van der Waals surface area contributed by atoms with Crippen LogP contribution in [-0.4, -0.2) is 36.3 Å². The lowest BCUT2D eigenvalue weighted by atomic mass is 9.47. The lowest BCUT2D eigenvalue weighted by Gasteiger charge is -2.59. The maximum Gasteiger partial charge on any atom is 0.157 e. The first-order valence-corrected chi connectivity index (χ1v) is 12.8. The van der Waals surface area contributed by atoms with Crippen LogP contribution in [0.3, 0.4) is 0 Å². The Kier molecular flexibility index (Phi) is 5.62. The van der Waals surface area contributed by atoms with Gasteiger partial charge in [-0.2, -0.15) is 0 Å². The third-order valence-electron chi connectivity index (χ3n) is 10.4. The molecule has 0 aromatic rings. The van der Waals surface area contributed by atoms with Crippen molar-refractivity contribution in [3.8, 4) is 0 Å². The molecule has 5 rings (SSSR count). The van der Waals surface area contributed by atoms with Gasteiger partial charge in [-0.05, 0) is 112 Å². The molecule has 0 amide bonds. The van der Waals surface area contributed by atoms with Crippen LogP contribution in [0.15, 0.2) is 11.6 Å². The average Bonchev–Trinajstić information content (AvgIpc) is 3.00. The summed E-state index contributed by atoms with van der Waals surface area (Å²) in [5.41, 5.74) is 7.39. The molecule has 4 fully saturated rings. The van der Waals surface area contributed by atoms with Crippen LogP contribution in [0.2, 0.25) is 0 Å². The minimum atomic E-state index is -0.548. The minimum Gasteiger partial charge on any atom is -0.389 e. The number of ether oxygens (including phenoxy) is 2. The van der Waals surface area contributed by atoms with Crippen molar-refractivity contribution in [1.29, 1.82) is 0 Å². The summed E-state index contributed by atoms with van der Waals surface area (Å²) in [7, 11) is 0. The Morgan fingerprint density at radius 2 is 1.93 bits per heavy atom. The molecule has 30 heavy (non-hydrogen) atoms. The van der Waals surface area contributed by atoms with Crippen molar-refractivity contribution in [3.63, 3.8) is 0 Å². The molecule has 1 saturated heterocycles. The van der Waals surface area contributed by atoms with E-state index < -0.39 is 5.60 Å². The first-order chi connectivity index (χ1) is 14.4. The standard InChI is InChI=1S/C26H43NO3/c1-24-11-8-19(30-23-5-3-4-16-29-23)17-18(24)6-7-20-21(24)9-12-25(2)22(20)10-13-26(25,28)14-15-27/h6,19-23,28H,3-5,7-17,27H2,1-2H3/t19-,20-,21+,22+,23-,24+,25+,26+/m1/s1. The fourth-order valence-corrected chi connectivity index (χ4v) is 8.54. The molecule has 0 spiro atoms. The zero-order valence-corrected chi connectivity index (χ0v) is 19.2. The van der Waals surface area contributed by atoms with Crippen LogP contribution in [0.4, 0.5) is 0 Å². The molecule has 3 N–H and O–H groups in total. The number of hydrogen-bond acceptors (Lipinski definition) is 4. The molecule has 0 unspecified atom stereocenters. The molecule has 4 aliphatic carbocycles. The molecule has 3 saturated carbocycles. The predicted molar refractivity (Wildman–Crippen MR) is 119 cm³/mol. The largest absolute Gasteiger partial charge is 0.389 e. The van der Waals surface area contributed by atoms with Crippen LogP contribution in [0, 0.1) is 28.6 Å². The molecule has 1 aliphatic heterocycles. The maximum atomic E-state index is 11.5. The van der Waals surface area contributed by atoms with Gasteiger partial charge in [0.15, 0.2) is 6.29 Å². The summed E-state index contributed by atoms with van der Waals surface area (Å²) < 4.78 is 12.2. The summed E-state index contributed by atoms with van der Waals surface area (Å²) in [5, 5.41) is 11.5. The molecule has 4 nitrogen and oxygen atoms in total. The Morgan fingerprint density at radius 1 is 1.10 bits per heavy atom. The van der Waals surface area contributed by atoms with Crippen LogP contribution >= 0.6 is 0 Å². The summed E-state index contributed by atoms with van der Waals surface area (Å²) in [6, 6.07) is 0. The van der Waals surface area contributed by atoms with E-state index in [2.05, 4.69) is 19.9 Å². The molecule has 4 heteroatoms. The first-order valence-electron chi connectivity index (χ1n) is 12.8. The van der Waals surface area contributed by atoms with E-state index in [4.69, 9.17) is 15.2 Å². The van der Waals surface area contributed by atoms with E-state index in [1.807, 2.05) is 0 Å². The van der Waals surface area contributed by atoms with E-state index in [1.165, 1.54) is 38.5 Å². The van der Waals surface area contributed by atoms with E-state index in [0.717, 1.165) is 57.0 Å². The van der Waals surface area contributed by atoms with E-state index in [1.54, 1.807) is 5.57 Å². The van der Waals surface area contributed by atoms with Crippen molar-refractivity contribution < 1.29 is 14.6 Å². The Balaban J connectivity index is 1.32. The number of rotatable bonds is 4. The van der Waals surface area contributed by atoms with Crippen LogP contribution in [0.25, 0.3) is 0 Å². The molecule has 0 radical (unpaired) electrons. The lowest BCUT2D eigenvalue weighted by molar-refractivity contribution is -0.195. The normalized spacial score (nSPS) is 50.9. The van der Waals surface area contributed by atoms with Gasteiger partial charge >= 0.3 is 0 Å². The quantitative estimate of drug-likeness (QED) is 0.636. The Labute approximate surface area is 183 Å². The second kappa shape index (κ2) is 7.86. The summed E-state index contributed by atoms with van der Waals surface area (Å²) in [4.78, 5) is 0. The van der Waals surface area contributed by atoms with Crippen LogP contribution in [0.1, 0.15) is 90.9 Å². The topological polar surface area (TPSA) is 64.7 Å². The van der Waals surface area contributed by atoms with Gasteiger partial charge in [0.05, 0.1) is 11.7 Å². The SMILES string of the molecule is C[C@]12CC[C@@H](O[C@@H]3CCCCO3)CC1=CC[C@@H]1[C@@H]2CC[C@@]2(C)[C@H]1CC[C@]2(O)CCN. The van der Waals surface area contributed by atoms with Crippen LogP contribution < -0.4 is 5.73 Å². The van der Waals surface area contributed by atoms with Crippen molar-refractivity contribution >= 4 is 0 Å². The predicted octanol–water partition coefficient (Wildman–Crippen LogP) is 4.94. The second-order valence-corrected chi connectivity index (χ2v) is 11.6. The van der Waals surface area contributed by atoms with E-state index in [9.17, 15) is 5.11 Å². The van der Waals surface area contributed by atoms with Gasteiger partial charge in [0.1, 0.15) is 0 Å². The highest BCUT2D eigenvalue weighted by Gasteiger charge is 2.63. The molecule has 170 valence electrons. The van der Waals surface area contributed by atoms with Crippen molar-refractivity contribution in [3.05, 3.63) is 11.6 Å². The molecule has 0 aromatic heterocycles. The first kappa shape index (κ1) is 21.4. The fourth-order valence-electron chi connectivity index (χ4n) is 8.54. The lowest BCUT2D eigenvalue weighted by Crippen LogP contribution is -2.55. The molecule has 8 atom stereocenters.